The Hall–Kier alpha value is -1.49. The second-order valence-corrected chi connectivity index (χ2v) is 3.53. The van der Waals surface area contributed by atoms with Gasteiger partial charge in [0, 0.05) is 13.1 Å². The summed E-state index contributed by atoms with van der Waals surface area (Å²) in [6.45, 7) is 1.79. The van der Waals surface area contributed by atoms with Crippen molar-refractivity contribution >= 4 is 11.5 Å². The lowest BCUT2D eigenvalue weighted by atomic mass is 10.4. The molecule has 84 valence electrons. The van der Waals surface area contributed by atoms with Gasteiger partial charge in [0.15, 0.2) is 0 Å². The van der Waals surface area contributed by atoms with Gasteiger partial charge in [0.1, 0.15) is 5.82 Å². The second-order valence-electron chi connectivity index (χ2n) is 3.53. The monoisotopic (exact) mass is 210 g/mol. The molecular formula is C10H18N4O. The van der Waals surface area contributed by atoms with E-state index in [0.717, 1.165) is 18.9 Å². The van der Waals surface area contributed by atoms with Gasteiger partial charge in [-0.2, -0.15) is 4.98 Å². The van der Waals surface area contributed by atoms with E-state index in [-0.39, 0.29) is 0 Å². The summed E-state index contributed by atoms with van der Waals surface area (Å²) >= 11 is 0. The highest BCUT2D eigenvalue weighted by Gasteiger charge is 2.02. The van der Waals surface area contributed by atoms with Crippen molar-refractivity contribution in [3.8, 4) is 5.88 Å². The highest BCUT2D eigenvalue weighted by atomic mass is 16.5. The molecule has 0 spiro atoms. The molecule has 0 radical (unpaired) electrons. The maximum Gasteiger partial charge on any atom is 0.238 e. The molecule has 1 heterocycles. The number of nitrogen functional groups attached to an aromatic ring is 1. The van der Waals surface area contributed by atoms with Gasteiger partial charge in [-0.1, -0.05) is 0 Å². The number of ether oxygens (including phenoxy) is 1. The number of nitrogens with two attached hydrogens (primary N) is 1. The molecule has 15 heavy (non-hydrogen) atoms. The highest BCUT2D eigenvalue weighted by molar-refractivity contribution is 5.53. The van der Waals surface area contributed by atoms with Crippen LogP contribution in [0.5, 0.6) is 5.88 Å². The van der Waals surface area contributed by atoms with E-state index in [4.69, 9.17) is 10.5 Å². The molecule has 0 atom stereocenters. The minimum atomic E-state index is 0.463. The summed E-state index contributed by atoms with van der Waals surface area (Å²) in [6.07, 6.45) is 0. The van der Waals surface area contributed by atoms with Crippen LogP contribution in [0, 0.1) is 0 Å². The molecule has 1 aromatic heterocycles. The Bertz CT molecular complexity index is 314. The number of nitrogens with zero attached hydrogens (tertiary/aromatic N) is 2. The molecule has 0 aliphatic rings. The van der Waals surface area contributed by atoms with Crippen LogP contribution in [0.2, 0.25) is 0 Å². The number of rotatable bonds is 5. The predicted molar refractivity (Wildman–Crippen MR) is 62.2 cm³/mol. The van der Waals surface area contributed by atoms with E-state index in [1.807, 2.05) is 20.2 Å². The molecule has 0 amide bonds. The number of aromatic nitrogens is 1. The first-order valence-electron chi connectivity index (χ1n) is 4.82. The van der Waals surface area contributed by atoms with E-state index in [9.17, 15) is 0 Å². The molecule has 0 aliphatic heterocycles. The van der Waals surface area contributed by atoms with Gasteiger partial charge in [-0.05, 0) is 26.2 Å². The average Bonchev–Trinajstić information content (AvgIpc) is 2.20. The quantitative estimate of drug-likeness (QED) is 0.747. The fraction of sp³-hybridized carbons (Fsp3) is 0.500. The zero-order valence-electron chi connectivity index (χ0n) is 9.45. The first kappa shape index (κ1) is 11.6. The lowest BCUT2D eigenvalue weighted by Crippen LogP contribution is -2.21. The lowest BCUT2D eigenvalue weighted by Gasteiger charge is -2.11. The van der Waals surface area contributed by atoms with Gasteiger partial charge < -0.3 is 20.7 Å². The molecule has 1 aromatic rings. The summed E-state index contributed by atoms with van der Waals surface area (Å²) in [7, 11) is 5.61. The van der Waals surface area contributed by atoms with Gasteiger partial charge in [0.2, 0.25) is 5.88 Å². The van der Waals surface area contributed by atoms with Crippen molar-refractivity contribution in [1.82, 2.24) is 9.88 Å². The van der Waals surface area contributed by atoms with E-state index in [2.05, 4.69) is 15.2 Å². The Kier molecular flexibility index (Phi) is 4.17. The van der Waals surface area contributed by atoms with E-state index >= 15 is 0 Å². The molecular weight excluding hydrogens is 192 g/mol. The Morgan fingerprint density at radius 1 is 1.47 bits per heavy atom. The Balaban J connectivity index is 2.54. The van der Waals surface area contributed by atoms with Crippen molar-refractivity contribution in [2.75, 3.05) is 45.3 Å². The van der Waals surface area contributed by atoms with Crippen molar-refractivity contribution in [2.24, 2.45) is 0 Å². The first-order valence-corrected chi connectivity index (χ1v) is 4.82. The Labute approximate surface area is 90.2 Å². The molecule has 0 fully saturated rings. The molecule has 0 aliphatic carbocycles. The largest absolute Gasteiger partial charge is 0.479 e. The Morgan fingerprint density at radius 2 is 2.20 bits per heavy atom. The normalized spacial score (nSPS) is 10.4. The maximum atomic E-state index is 5.65. The minimum absolute atomic E-state index is 0.463. The summed E-state index contributed by atoms with van der Waals surface area (Å²) in [4.78, 5) is 6.31. The molecule has 0 bridgehead atoms. The summed E-state index contributed by atoms with van der Waals surface area (Å²) in [5.74, 6) is 1.24. The SMILES string of the molecule is COc1nc(NCCN(C)C)ccc1N. The number of hydrogen-bond donors (Lipinski definition) is 2. The lowest BCUT2D eigenvalue weighted by molar-refractivity contribution is 0.400. The molecule has 5 heteroatoms. The second kappa shape index (κ2) is 5.41. The van der Waals surface area contributed by atoms with Crippen LogP contribution in [0.4, 0.5) is 11.5 Å². The standard InChI is InChI=1S/C10H18N4O/c1-14(2)7-6-12-9-5-4-8(11)10(13-9)15-3/h4-5H,6-7,11H2,1-3H3,(H,12,13). The van der Waals surface area contributed by atoms with Crippen LogP contribution in [0.3, 0.4) is 0 Å². The van der Waals surface area contributed by atoms with Crippen LogP contribution in [0.15, 0.2) is 12.1 Å². The van der Waals surface area contributed by atoms with Crippen LogP contribution in [-0.4, -0.2) is 44.2 Å². The number of hydrogen-bond acceptors (Lipinski definition) is 5. The molecule has 0 unspecified atom stereocenters. The van der Waals surface area contributed by atoms with Crippen LogP contribution in [0.1, 0.15) is 0 Å². The zero-order valence-corrected chi connectivity index (χ0v) is 9.45. The van der Waals surface area contributed by atoms with Crippen LogP contribution in [-0.2, 0) is 0 Å². The highest BCUT2D eigenvalue weighted by Crippen LogP contribution is 2.19. The van der Waals surface area contributed by atoms with Crippen LogP contribution in [0.25, 0.3) is 0 Å². The fourth-order valence-corrected chi connectivity index (χ4v) is 1.12. The fourth-order valence-electron chi connectivity index (χ4n) is 1.12. The van der Waals surface area contributed by atoms with E-state index in [1.165, 1.54) is 0 Å². The number of pyridine rings is 1. The molecule has 0 saturated carbocycles. The number of anilines is 2. The van der Waals surface area contributed by atoms with E-state index in [1.54, 1.807) is 13.2 Å². The predicted octanol–water partition coefficient (Wildman–Crippen LogP) is 0.646. The maximum absolute atomic E-state index is 5.65. The van der Waals surface area contributed by atoms with Crippen molar-refractivity contribution in [2.45, 2.75) is 0 Å². The summed E-state index contributed by atoms with van der Waals surface area (Å²) in [5, 5.41) is 3.19. The van der Waals surface area contributed by atoms with Gasteiger partial charge in [-0.25, -0.2) is 0 Å². The summed E-state index contributed by atoms with van der Waals surface area (Å²) in [6, 6.07) is 3.62. The molecule has 3 N–H and O–H groups in total. The molecule has 0 saturated heterocycles. The summed E-state index contributed by atoms with van der Waals surface area (Å²) < 4.78 is 5.03. The van der Waals surface area contributed by atoms with Gasteiger partial charge in [-0.15, -0.1) is 0 Å². The number of methoxy groups -OCH3 is 1. The first-order chi connectivity index (χ1) is 7.13. The minimum Gasteiger partial charge on any atom is -0.479 e. The van der Waals surface area contributed by atoms with Crippen molar-refractivity contribution in [1.29, 1.82) is 0 Å². The Morgan fingerprint density at radius 3 is 2.80 bits per heavy atom. The third-order valence-corrected chi connectivity index (χ3v) is 1.95. The van der Waals surface area contributed by atoms with Crippen molar-refractivity contribution in [3.63, 3.8) is 0 Å². The molecule has 5 nitrogen and oxygen atoms in total. The van der Waals surface area contributed by atoms with Crippen LogP contribution >= 0.6 is 0 Å². The van der Waals surface area contributed by atoms with E-state index < -0.39 is 0 Å². The van der Waals surface area contributed by atoms with Crippen molar-refractivity contribution in [3.05, 3.63) is 12.1 Å². The number of likely N-dealkylation sites (N-methyl/N-ethyl adjacent to an activating group) is 1. The van der Waals surface area contributed by atoms with Gasteiger partial charge >= 0.3 is 0 Å². The number of nitrogens with one attached hydrogen (secondary N) is 1. The molecule has 1 rings (SSSR count). The zero-order chi connectivity index (χ0) is 11.3. The van der Waals surface area contributed by atoms with Gasteiger partial charge in [0.05, 0.1) is 12.8 Å². The van der Waals surface area contributed by atoms with Crippen LogP contribution < -0.4 is 15.8 Å². The third-order valence-electron chi connectivity index (χ3n) is 1.95. The van der Waals surface area contributed by atoms with Gasteiger partial charge in [-0.3, -0.25) is 0 Å². The summed E-state index contributed by atoms with van der Waals surface area (Å²) in [5.41, 5.74) is 6.20. The topological polar surface area (TPSA) is 63.4 Å². The van der Waals surface area contributed by atoms with Crippen molar-refractivity contribution < 1.29 is 4.74 Å². The van der Waals surface area contributed by atoms with Gasteiger partial charge in [0.25, 0.3) is 0 Å². The van der Waals surface area contributed by atoms with E-state index in [0.29, 0.717) is 11.6 Å². The smallest absolute Gasteiger partial charge is 0.238 e. The molecule has 0 aromatic carbocycles. The third kappa shape index (κ3) is 3.63. The average molecular weight is 210 g/mol.